The zero-order valence-electron chi connectivity index (χ0n) is 31.6. The molecular formula is C53H40N4. The molecule has 4 nitrogen and oxygen atoms in total. The number of hydrogen-bond donors (Lipinski definition) is 0. The smallest absolute Gasteiger partial charge is 0.164 e. The van der Waals surface area contributed by atoms with E-state index >= 15 is 0 Å². The van der Waals surface area contributed by atoms with Crippen LogP contribution in [0.2, 0.25) is 0 Å². The number of aromatic nitrogens is 4. The van der Waals surface area contributed by atoms with Gasteiger partial charge in [0.15, 0.2) is 17.5 Å². The van der Waals surface area contributed by atoms with Crippen LogP contribution in [0.5, 0.6) is 0 Å². The van der Waals surface area contributed by atoms with Crippen LogP contribution in [0.25, 0.3) is 83.6 Å². The third-order valence-electron chi connectivity index (χ3n) is 14.4. The minimum atomic E-state index is 0.106. The molecule has 2 aromatic heterocycles. The van der Waals surface area contributed by atoms with Gasteiger partial charge in [-0.15, -0.1) is 0 Å². The van der Waals surface area contributed by atoms with Crippen molar-refractivity contribution < 1.29 is 0 Å². The molecule has 57 heavy (non-hydrogen) atoms. The van der Waals surface area contributed by atoms with Crippen molar-refractivity contribution in [2.24, 2.45) is 23.7 Å². The highest BCUT2D eigenvalue weighted by molar-refractivity contribution is 6.18. The summed E-state index contributed by atoms with van der Waals surface area (Å²) in [6, 6.07) is 57.6. The number of hydrogen-bond acceptors (Lipinski definition) is 3. The predicted octanol–water partition coefficient (Wildman–Crippen LogP) is 12.8. The van der Waals surface area contributed by atoms with Gasteiger partial charge in [-0.25, -0.2) is 15.0 Å². The highest BCUT2D eigenvalue weighted by atomic mass is 15.0. The first-order valence-electron chi connectivity index (χ1n) is 20.8. The molecule has 0 radical (unpaired) electrons. The molecule has 0 aliphatic heterocycles. The van der Waals surface area contributed by atoms with Crippen molar-refractivity contribution in [1.29, 1.82) is 0 Å². The second-order valence-electron chi connectivity index (χ2n) is 17.2. The van der Waals surface area contributed by atoms with Gasteiger partial charge in [-0.2, -0.15) is 0 Å². The van der Waals surface area contributed by atoms with Crippen molar-refractivity contribution in [2.75, 3.05) is 0 Å². The second-order valence-corrected chi connectivity index (χ2v) is 17.2. The van der Waals surface area contributed by atoms with E-state index in [1.807, 2.05) is 36.4 Å². The fraction of sp³-hybridized carbons (Fsp3) is 0.189. The lowest BCUT2D eigenvalue weighted by Crippen LogP contribution is -2.55. The molecular weight excluding hydrogens is 693 g/mol. The maximum Gasteiger partial charge on any atom is 0.164 e. The van der Waals surface area contributed by atoms with Crippen molar-refractivity contribution in [3.05, 3.63) is 169 Å². The van der Waals surface area contributed by atoms with Gasteiger partial charge in [-0.3, -0.25) is 0 Å². The van der Waals surface area contributed by atoms with Gasteiger partial charge in [0.05, 0.1) is 11.0 Å². The number of rotatable bonds is 4. The Morgan fingerprint density at radius 1 is 0.456 bits per heavy atom. The minimum Gasteiger partial charge on any atom is -0.309 e. The van der Waals surface area contributed by atoms with E-state index in [0.717, 1.165) is 46.0 Å². The van der Waals surface area contributed by atoms with Crippen molar-refractivity contribution in [2.45, 2.75) is 37.5 Å². The third kappa shape index (κ3) is 4.47. The average molecular weight is 733 g/mol. The van der Waals surface area contributed by atoms with Gasteiger partial charge in [-0.1, -0.05) is 121 Å². The van der Waals surface area contributed by atoms with Crippen LogP contribution in [0, 0.1) is 23.7 Å². The molecule has 4 bridgehead atoms. The molecule has 0 atom stereocenters. The topological polar surface area (TPSA) is 43.6 Å². The zero-order chi connectivity index (χ0) is 37.2. The van der Waals surface area contributed by atoms with E-state index in [9.17, 15) is 0 Å². The predicted molar refractivity (Wildman–Crippen MR) is 231 cm³/mol. The van der Waals surface area contributed by atoms with E-state index in [1.54, 1.807) is 11.1 Å². The van der Waals surface area contributed by atoms with E-state index in [-0.39, 0.29) is 5.41 Å². The lowest BCUT2D eigenvalue weighted by molar-refractivity contribution is -0.0399. The number of benzene rings is 7. The maximum absolute atomic E-state index is 5.05. The number of fused-ring (bicyclic) bond motifs is 8. The first-order chi connectivity index (χ1) is 28.2. The molecule has 0 N–H and O–H groups in total. The summed E-state index contributed by atoms with van der Waals surface area (Å²) in [5.74, 6) is 5.27. The fourth-order valence-corrected chi connectivity index (χ4v) is 12.4. The van der Waals surface area contributed by atoms with Gasteiger partial charge < -0.3 is 4.57 Å². The molecule has 5 aliphatic carbocycles. The molecule has 4 saturated carbocycles. The first-order valence-corrected chi connectivity index (χ1v) is 20.8. The van der Waals surface area contributed by atoms with Gasteiger partial charge in [0.25, 0.3) is 0 Å². The molecule has 0 amide bonds. The summed E-state index contributed by atoms with van der Waals surface area (Å²) in [6.07, 6.45) is 6.97. The molecule has 1 spiro atoms. The summed E-state index contributed by atoms with van der Waals surface area (Å²) in [6.45, 7) is 0. The maximum atomic E-state index is 5.05. The molecule has 9 aromatic rings. The Labute approximate surface area is 331 Å². The van der Waals surface area contributed by atoms with Crippen LogP contribution in [0.15, 0.2) is 158 Å². The summed E-state index contributed by atoms with van der Waals surface area (Å²) in [5.41, 5.74) is 12.8. The van der Waals surface area contributed by atoms with Gasteiger partial charge in [0.2, 0.25) is 0 Å². The SMILES string of the molecule is c1ccc(-c2nc(-c3ccccc3)nc(-c3ccc(-n4c5cc6ccccc6cc5c5ccc6c(c54)-c4ccccc4C64C5CC6CC(C5)CC4C6)cc3)n2)cc1. The van der Waals surface area contributed by atoms with Gasteiger partial charge in [-0.05, 0) is 120 Å². The highest BCUT2D eigenvalue weighted by Gasteiger charge is 2.61. The molecule has 272 valence electrons. The van der Waals surface area contributed by atoms with Crippen molar-refractivity contribution >= 4 is 32.6 Å². The van der Waals surface area contributed by atoms with Crippen LogP contribution in [-0.2, 0) is 5.41 Å². The van der Waals surface area contributed by atoms with E-state index in [2.05, 4.69) is 126 Å². The molecule has 0 unspecified atom stereocenters. The molecule has 14 rings (SSSR count). The van der Waals surface area contributed by atoms with Gasteiger partial charge >= 0.3 is 0 Å². The van der Waals surface area contributed by atoms with Crippen LogP contribution in [0.1, 0.15) is 43.2 Å². The molecule has 7 aromatic carbocycles. The van der Waals surface area contributed by atoms with Crippen molar-refractivity contribution in [3.63, 3.8) is 0 Å². The van der Waals surface area contributed by atoms with E-state index in [0.29, 0.717) is 17.5 Å². The Kier molecular flexibility index (Phi) is 6.59. The summed E-state index contributed by atoms with van der Waals surface area (Å²) in [4.78, 5) is 15.0. The normalized spacial score (nSPS) is 22.8. The lowest BCUT2D eigenvalue weighted by atomic mass is 9.43. The monoisotopic (exact) mass is 732 g/mol. The largest absolute Gasteiger partial charge is 0.309 e. The molecule has 0 saturated heterocycles. The van der Waals surface area contributed by atoms with Crippen LogP contribution >= 0.6 is 0 Å². The second kappa shape index (κ2) is 11.8. The highest BCUT2D eigenvalue weighted by Crippen LogP contribution is 2.70. The Morgan fingerprint density at radius 3 is 1.63 bits per heavy atom. The van der Waals surface area contributed by atoms with Gasteiger partial charge in [0.1, 0.15) is 0 Å². The third-order valence-corrected chi connectivity index (χ3v) is 14.4. The Bertz CT molecular complexity index is 2980. The standard InChI is InChI=1S/C53H40N4/c1-3-11-34(12-4-1)50-54-51(35-13-5-2-6-14-35)56-52(55-50)36-19-21-41(22-20-36)57-47-31-38-16-8-7-15-37(38)30-44(47)42-23-24-46-48(49(42)57)43-17-9-10-18-45(43)53(46)39-26-32-25-33(28-39)29-40(53)27-32/h1-24,30-33,39-40H,25-29H2. The van der Waals surface area contributed by atoms with Crippen molar-refractivity contribution in [3.8, 4) is 51.0 Å². The van der Waals surface area contributed by atoms with E-state index < -0.39 is 0 Å². The van der Waals surface area contributed by atoms with Crippen molar-refractivity contribution in [1.82, 2.24) is 19.5 Å². The first kappa shape index (κ1) is 31.8. The lowest BCUT2D eigenvalue weighted by Gasteiger charge is -2.61. The van der Waals surface area contributed by atoms with Crippen LogP contribution in [-0.4, -0.2) is 19.5 Å². The summed E-state index contributed by atoms with van der Waals surface area (Å²) in [5, 5.41) is 5.16. The summed E-state index contributed by atoms with van der Waals surface area (Å²) >= 11 is 0. The molecule has 4 heteroatoms. The summed E-state index contributed by atoms with van der Waals surface area (Å²) in [7, 11) is 0. The Balaban J connectivity index is 1.04. The molecule has 4 fully saturated rings. The average Bonchev–Trinajstić information content (AvgIpc) is 3.75. The van der Waals surface area contributed by atoms with Crippen LogP contribution in [0.3, 0.4) is 0 Å². The Morgan fingerprint density at radius 2 is 1.00 bits per heavy atom. The summed E-state index contributed by atoms with van der Waals surface area (Å²) < 4.78 is 2.57. The van der Waals surface area contributed by atoms with Gasteiger partial charge in [0, 0.05) is 44.1 Å². The molecule has 5 aliphatic rings. The zero-order valence-corrected chi connectivity index (χ0v) is 31.6. The minimum absolute atomic E-state index is 0.106. The Hall–Kier alpha value is -6.39. The number of nitrogens with zero attached hydrogens (tertiary/aromatic N) is 4. The van der Waals surface area contributed by atoms with E-state index in [4.69, 9.17) is 15.0 Å². The van der Waals surface area contributed by atoms with E-state index in [1.165, 1.54) is 75.8 Å². The fourth-order valence-electron chi connectivity index (χ4n) is 12.4. The van der Waals surface area contributed by atoms with Crippen LogP contribution in [0.4, 0.5) is 0 Å². The quantitative estimate of drug-likeness (QED) is 0.181. The van der Waals surface area contributed by atoms with Crippen LogP contribution < -0.4 is 0 Å². The molecule has 2 heterocycles.